The molecule has 0 radical (unpaired) electrons. The Balaban J connectivity index is 1.32. The molecule has 0 fully saturated rings. The zero-order chi connectivity index (χ0) is 28.3. The van der Waals surface area contributed by atoms with Gasteiger partial charge in [-0.3, -0.25) is 0 Å². The maximum atomic E-state index is 6.57. The van der Waals surface area contributed by atoms with Gasteiger partial charge in [-0.2, -0.15) is 0 Å². The molecule has 9 aromatic rings. The second-order valence-electron chi connectivity index (χ2n) is 11.0. The third kappa shape index (κ3) is 3.75. The highest BCUT2D eigenvalue weighted by molar-refractivity contribution is 6.14. The summed E-state index contributed by atoms with van der Waals surface area (Å²) >= 11 is 0. The Labute approximate surface area is 247 Å². The van der Waals surface area contributed by atoms with Crippen LogP contribution in [0, 0.1) is 0 Å². The van der Waals surface area contributed by atoms with Gasteiger partial charge in [0.2, 0.25) is 0 Å². The van der Waals surface area contributed by atoms with E-state index in [1.807, 2.05) is 24.3 Å². The topological polar surface area (TPSA) is 29.5 Å². The summed E-state index contributed by atoms with van der Waals surface area (Å²) in [6, 6.07) is 53.1. The number of nitrogens with zero attached hydrogens (tertiary/aromatic N) is 1. The zero-order valence-corrected chi connectivity index (χ0v) is 23.2. The first-order valence-electron chi connectivity index (χ1n) is 14.5. The smallest absolute Gasteiger partial charge is 0.159 e. The number of rotatable bonds is 4. The lowest BCUT2D eigenvalue weighted by Gasteiger charge is -2.26. The Kier molecular flexibility index (Phi) is 5.20. The van der Waals surface area contributed by atoms with E-state index in [9.17, 15) is 0 Å². The highest BCUT2D eigenvalue weighted by Gasteiger charge is 2.23. The van der Waals surface area contributed by atoms with Crippen molar-refractivity contribution in [1.82, 2.24) is 0 Å². The zero-order valence-electron chi connectivity index (χ0n) is 23.2. The van der Waals surface area contributed by atoms with Crippen LogP contribution in [0.25, 0.3) is 65.8 Å². The Morgan fingerprint density at radius 3 is 1.58 bits per heavy atom. The first-order valence-corrected chi connectivity index (χ1v) is 14.5. The van der Waals surface area contributed by atoms with Crippen LogP contribution < -0.4 is 4.90 Å². The summed E-state index contributed by atoms with van der Waals surface area (Å²) in [6.07, 6.45) is 0. The van der Waals surface area contributed by atoms with Crippen molar-refractivity contribution in [2.24, 2.45) is 0 Å². The molecule has 0 bridgehead atoms. The van der Waals surface area contributed by atoms with E-state index in [-0.39, 0.29) is 0 Å². The van der Waals surface area contributed by atoms with Crippen molar-refractivity contribution in [3.63, 3.8) is 0 Å². The van der Waals surface area contributed by atoms with E-state index in [1.165, 1.54) is 16.3 Å². The fourth-order valence-electron chi connectivity index (χ4n) is 6.42. The molecule has 0 aliphatic heterocycles. The molecule has 0 spiro atoms. The summed E-state index contributed by atoms with van der Waals surface area (Å²) in [5, 5.41) is 6.83. The fraction of sp³-hybridized carbons (Fsp3) is 0. The number of fused-ring (bicyclic) bond motifs is 7. The maximum Gasteiger partial charge on any atom is 0.159 e. The summed E-state index contributed by atoms with van der Waals surface area (Å²) in [4.78, 5) is 2.28. The molecule has 0 saturated heterocycles. The van der Waals surface area contributed by atoms with E-state index in [0.29, 0.717) is 0 Å². The van der Waals surface area contributed by atoms with E-state index in [0.717, 1.165) is 66.5 Å². The molecule has 0 saturated carbocycles. The van der Waals surface area contributed by atoms with Crippen LogP contribution in [0.15, 0.2) is 160 Å². The SMILES string of the molecule is c1cc(-c2ccc3ccccc3c2)cc(N(c2cccc3c2oc2ccccc23)c2cccc3c2oc2ccccc23)c1. The van der Waals surface area contributed by atoms with Gasteiger partial charge in [-0.1, -0.05) is 109 Å². The lowest BCUT2D eigenvalue weighted by Crippen LogP contribution is -2.10. The van der Waals surface area contributed by atoms with Crippen LogP contribution in [0.2, 0.25) is 0 Å². The first kappa shape index (κ1) is 23.9. The van der Waals surface area contributed by atoms with Crippen LogP contribution >= 0.6 is 0 Å². The van der Waals surface area contributed by atoms with Gasteiger partial charge in [-0.15, -0.1) is 0 Å². The minimum Gasteiger partial charge on any atom is -0.454 e. The predicted octanol–water partition coefficient (Wildman–Crippen LogP) is 11.8. The molecule has 3 nitrogen and oxygen atoms in total. The quantitative estimate of drug-likeness (QED) is 0.218. The van der Waals surface area contributed by atoms with Gasteiger partial charge in [0.15, 0.2) is 11.2 Å². The molecule has 0 aliphatic carbocycles. The second kappa shape index (κ2) is 9.37. The summed E-state index contributed by atoms with van der Waals surface area (Å²) in [5.74, 6) is 0. The van der Waals surface area contributed by atoms with Crippen molar-refractivity contribution in [1.29, 1.82) is 0 Å². The number of furan rings is 2. The van der Waals surface area contributed by atoms with Gasteiger partial charge in [0, 0.05) is 27.2 Å². The molecule has 0 aliphatic rings. The van der Waals surface area contributed by atoms with Crippen LogP contribution in [0.1, 0.15) is 0 Å². The minimum absolute atomic E-state index is 0.841. The summed E-state index contributed by atoms with van der Waals surface area (Å²) in [5.41, 5.74) is 8.67. The fourth-order valence-corrected chi connectivity index (χ4v) is 6.42. The number of anilines is 3. The van der Waals surface area contributed by atoms with Crippen LogP contribution in [0.5, 0.6) is 0 Å². The van der Waals surface area contributed by atoms with Crippen LogP contribution in [-0.2, 0) is 0 Å². The monoisotopic (exact) mass is 551 g/mol. The Morgan fingerprint density at radius 2 is 0.907 bits per heavy atom. The lowest BCUT2D eigenvalue weighted by molar-refractivity contribution is 0.666. The van der Waals surface area contributed by atoms with E-state index in [1.54, 1.807) is 0 Å². The molecule has 2 aromatic heterocycles. The number of benzene rings is 7. The van der Waals surface area contributed by atoms with Crippen molar-refractivity contribution in [3.05, 3.63) is 152 Å². The average molecular weight is 552 g/mol. The van der Waals surface area contributed by atoms with Gasteiger partial charge in [0.05, 0.1) is 11.4 Å². The third-order valence-electron chi connectivity index (χ3n) is 8.44. The van der Waals surface area contributed by atoms with Crippen molar-refractivity contribution >= 4 is 71.7 Å². The normalized spacial score (nSPS) is 11.7. The molecule has 0 N–H and O–H groups in total. The summed E-state index contributed by atoms with van der Waals surface area (Å²) in [6.45, 7) is 0. The number of hydrogen-bond donors (Lipinski definition) is 0. The van der Waals surface area contributed by atoms with Crippen LogP contribution in [0.4, 0.5) is 17.1 Å². The number of para-hydroxylation sites is 4. The molecule has 0 atom stereocenters. The molecule has 202 valence electrons. The van der Waals surface area contributed by atoms with E-state index in [4.69, 9.17) is 8.83 Å². The highest BCUT2D eigenvalue weighted by Crippen LogP contribution is 2.46. The Hall–Kier alpha value is -5.80. The van der Waals surface area contributed by atoms with Crippen LogP contribution in [-0.4, -0.2) is 0 Å². The molecular formula is C40H25NO2. The van der Waals surface area contributed by atoms with E-state index in [2.05, 4.69) is 132 Å². The lowest BCUT2D eigenvalue weighted by atomic mass is 10.0. The Morgan fingerprint density at radius 1 is 0.372 bits per heavy atom. The Bertz CT molecular complexity index is 2370. The van der Waals surface area contributed by atoms with Gasteiger partial charge >= 0.3 is 0 Å². The average Bonchev–Trinajstić information content (AvgIpc) is 3.64. The highest BCUT2D eigenvalue weighted by atomic mass is 16.3. The predicted molar refractivity (Wildman–Crippen MR) is 179 cm³/mol. The molecule has 0 amide bonds. The van der Waals surface area contributed by atoms with Crippen molar-refractivity contribution < 1.29 is 8.83 Å². The molecule has 7 aromatic carbocycles. The molecule has 0 unspecified atom stereocenters. The van der Waals surface area contributed by atoms with Gasteiger partial charge in [0.25, 0.3) is 0 Å². The molecule has 2 heterocycles. The van der Waals surface area contributed by atoms with Crippen molar-refractivity contribution in [2.75, 3.05) is 4.90 Å². The van der Waals surface area contributed by atoms with Crippen molar-refractivity contribution in [3.8, 4) is 11.1 Å². The second-order valence-corrected chi connectivity index (χ2v) is 11.0. The van der Waals surface area contributed by atoms with Gasteiger partial charge < -0.3 is 13.7 Å². The molecule has 9 rings (SSSR count). The van der Waals surface area contributed by atoms with Gasteiger partial charge in [-0.05, 0) is 64.4 Å². The van der Waals surface area contributed by atoms with Crippen LogP contribution in [0.3, 0.4) is 0 Å². The largest absolute Gasteiger partial charge is 0.454 e. The van der Waals surface area contributed by atoms with Gasteiger partial charge in [0.1, 0.15) is 11.2 Å². The van der Waals surface area contributed by atoms with E-state index >= 15 is 0 Å². The van der Waals surface area contributed by atoms with Gasteiger partial charge in [-0.25, -0.2) is 0 Å². The van der Waals surface area contributed by atoms with E-state index < -0.39 is 0 Å². The number of hydrogen-bond acceptors (Lipinski definition) is 3. The third-order valence-corrected chi connectivity index (χ3v) is 8.44. The molecule has 43 heavy (non-hydrogen) atoms. The molecule has 3 heteroatoms. The van der Waals surface area contributed by atoms with Crippen molar-refractivity contribution in [2.45, 2.75) is 0 Å². The summed E-state index contributed by atoms with van der Waals surface area (Å²) in [7, 11) is 0. The standard InChI is InChI=1S/C40H25NO2/c1-2-11-27-24-29(23-22-26(27)10-1)28-12-7-13-30(25-28)41(35-18-8-16-33-31-14-3-5-20-37(31)42-39(33)35)36-19-9-17-34-32-15-4-6-21-38(32)43-40(34)36/h1-25H. The first-order chi connectivity index (χ1) is 21.3. The maximum absolute atomic E-state index is 6.57. The molecular weight excluding hydrogens is 526 g/mol. The minimum atomic E-state index is 0.841. The summed E-state index contributed by atoms with van der Waals surface area (Å²) < 4.78 is 13.1.